The van der Waals surface area contributed by atoms with Crippen LogP contribution in [0.1, 0.15) is 20.8 Å². The molecule has 1 heterocycles. The van der Waals surface area contributed by atoms with E-state index in [0.717, 1.165) is 10.9 Å². The molecule has 1 aromatic heterocycles. The van der Waals surface area contributed by atoms with E-state index in [1.807, 2.05) is 41.9 Å². The first-order valence-corrected chi connectivity index (χ1v) is 8.88. The smallest absolute Gasteiger partial charge is 0.267 e. The van der Waals surface area contributed by atoms with Gasteiger partial charge < -0.3 is 24.7 Å². The second kappa shape index (κ2) is 8.47. The molecular formula is C21H23N3O4. The standard InChI is InChI=1S/C21H23N3O4/c1-24-16-7-5-4-6-14(16)12-17(24)21(26)23-11-10-22-20(25)15-8-9-18(27-2)19(13-15)28-3/h4-9,12-13H,10-11H2,1-3H3,(H,22,25)(H,23,26). The maximum Gasteiger partial charge on any atom is 0.267 e. The highest BCUT2D eigenvalue weighted by molar-refractivity contribution is 5.99. The highest BCUT2D eigenvalue weighted by Crippen LogP contribution is 2.27. The molecule has 146 valence electrons. The number of para-hydroxylation sites is 1. The molecule has 7 nitrogen and oxygen atoms in total. The van der Waals surface area contributed by atoms with Crippen molar-refractivity contribution in [2.75, 3.05) is 27.3 Å². The van der Waals surface area contributed by atoms with Gasteiger partial charge in [-0.3, -0.25) is 9.59 Å². The molecule has 0 unspecified atom stereocenters. The van der Waals surface area contributed by atoms with Crippen molar-refractivity contribution in [2.24, 2.45) is 7.05 Å². The molecule has 0 bridgehead atoms. The van der Waals surface area contributed by atoms with Crippen LogP contribution in [0.2, 0.25) is 0 Å². The summed E-state index contributed by atoms with van der Waals surface area (Å²) in [4.78, 5) is 24.7. The number of aryl methyl sites for hydroxylation is 1. The Labute approximate surface area is 163 Å². The second-order valence-electron chi connectivity index (χ2n) is 6.23. The summed E-state index contributed by atoms with van der Waals surface area (Å²) in [5, 5.41) is 6.62. The van der Waals surface area contributed by atoms with Crippen molar-refractivity contribution in [1.29, 1.82) is 0 Å². The number of methoxy groups -OCH3 is 2. The highest BCUT2D eigenvalue weighted by Gasteiger charge is 2.13. The lowest BCUT2D eigenvalue weighted by Gasteiger charge is -2.10. The first kappa shape index (κ1) is 19.3. The minimum Gasteiger partial charge on any atom is -0.493 e. The highest BCUT2D eigenvalue weighted by atomic mass is 16.5. The normalized spacial score (nSPS) is 10.5. The quantitative estimate of drug-likeness (QED) is 0.616. The van der Waals surface area contributed by atoms with Crippen LogP contribution in [0.3, 0.4) is 0 Å². The molecule has 2 N–H and O–H groups in total. The SMILES string of the molecule is COc1ccc(C(=O)NCCNC(=O)c2cc3ccccc3n2C)cc1OC. The molecule has 2 amide bonds. The summed E-state index contributed by atoms with van der Waals surface area (Å²) >= 11 is 0. The molecule has 3 aromatic rings. The van der Waals surface area contributed by atoms with Crippen LogP contribution >= 0.6 is 0 Å². The van der Waals surface area contributed by atoms with Crippen LogP contribution in [0.5, 0.6) is 11.5 Å². The zero-order chi connectivity index (χ0) is 20.1. The number of nitrogens with zero attached hydrogens (tertiary/aromatic N) is 1. The van der Waals surface area contributed by atoms with E-state index in [-0.39, 0.29) is 11.8 Å². The molecule has 0 saturated carbocycles. The number of hydrogen-bond donors (Lipinski definition) is 2. The van der Waals surface area contributed by atoms with Gasteiger partial charge in [0.15, 0.2) is 11.5 Å². The van der Waals surface area contributed by atoms with Gasteiger partial charge in [-0.05, 0) is 30.3 Å². The number of aromatic nitrogens is 1. The Bertz CT molecular complexity index is 1010. The number of nitrogens with one attached hydrogen (secondary N) is 2. The third kappa shape index (κ3) is 3.93. The summed E-state index contributed by atoms with van der Waals surface area (Å²) in [6.45, 7) is 0.627. The molecule has 0 atom stereocenters. The number of carbonyl (C=O) groups is 2. The van der Waals surface area contributed by atoms with Crippen molar-refractivity contribution < 1.29 is 19.1 Å². The van der Waals surface area contributed by atoms with Crippen molar-refractivity contribution in [3.05, 3.63) is 59.8 Å². The monoisotopic (exact) mass is 381 g/mol. The molecule has 0 aliphatic heterocycles. The minimum atomic E-state index is -0.250. The summed E-state index contributed by atoms with van der Waals surface area (Å²) in [5.74, 6) is 0.611. The number of ether oxygens (including phenoxy) is 2. The van der Waals surface area contributed by atoms with Crippen LogP contribution in [0.15, 0.2) is 48.5 Å². The van der Waals surface area contributed by atoms with Crippen LogP contribution < -0.4 is 20.1 Å². The fraction of sp³-hybridized carbons (Fsp3) is 0.238. The van der Waals surface area contributed by atoms with Crippen molar-refractivity contribution in [3.63, 3.8) is 0 Å². The lowest BCUT2D eigenvalue weighted by Crippen LogP contribution is -2.35. The molecule has 28 heavy (non-hydrogen) atoms. The summed E-state index contributed by atoms with van der Waals surface area (Å²) < 4.78 is 12.2. The Hall–Kier alpha value is -3.48. The Morgan fingerprint density at radius 1 is 0.893 bits per heavy atom. The maximum atomic E-state index is 12.4. The van der Waals surface area contributed by atoms with Crippen molar-refractivity contribution in [3.8, 4) is 11.5 Å². The first-order valence-electron chi connectivity index (χ1n) is 8.88. The summed E-state index contributed by atoms with van der Waals surface area (Å²) in [6, 6.07) is 14.6. The fourth-order valence-corrected chi connectivity index (χ4v) is 3.03. The topological polar surface area (TPSA) is 81.6 Å². The fourth-order valence-electron chi connectivity index (χ4n) is 3.03. The van der Waals surface area contributed by atoms with Gasteiger partial charge in [-0.15, -0.1) is 0 Å². The van der Waals surface area contributed by atoms with Gasteiger partial charge in [0.1, 0.15) is 5.69 Å². The van der Waals surface area contributed by atoms with E-state index < -0.39 is 0 Å². The van der Waals surface area contributed by atoms with Gasteiger partial charge in [0.2, 0.25) is 0 Å². The first-order chi connectivity index (χ1) is 13.5. The number of carbonyl (C=O) groups excluding carboxylic acids is 2. The van der Waals surface area contributed by atoms with E-state index in [1.54, 1.807) is 18.2 Å². The zero-order valence-electron chi connectivity index (χ0n) is 16.1. The Kier molecular flexibility index (Phi) is 5.84. The second-order valence-corrected chi connectivity index (χ2v) is 6.23. The average molecular weight is 381 g/mol. The molecule has 0 saturated heterocycles. The van der Waals surface area contributed by atoms with Gasteiger partial charge in [-0.1, -0.05) is 18.2 Å². The molecule has 2 aromatic carbocycles. The minimum absolute atomic E-state index is 0.181. The summed E-state index contributed by atoms with van der Waals surface area (Å²) in [6.07, 6.45) is 0. The Balaban J connectivity index is 1.54. The van der Waals surface area contributed by atoms with Crippen LogP contribution in [0.25, 0.3) is 10.9 Å². The lowest BCUT2D eigenvalue weighted by atomic mass is 10.2. The van der Waals surface area contributed by atoms with Crippen LogP contribution in [0.4, 0.5) is 0 Å². The van der Waals surface area contributed by atoms with E-state index in [4.69, 9.17) is 9.47 Å². The van der Waals surface area contributed by atoms with E-state index in [2.05, 4.69) is 10.6 Å². The largest absolute Gasteiger partial charge is 0.493 e. The van der Waals surface area contributed by atoms with Crippen LogP contribution in [-0.2, 0) is 7.05 Å². The third-order valence-electron chi connectivity index (χ3n) is 4.53. The molecule has 0 spiro atoms. The molecule has 7 heteroatoms. The van der Waals surface area contributed by atoms with Gasteiger partial charge >= 0.3 is 0 Å². The molecule has 0 fully saturated rings. The van der Waals surface area contributed by atoms with Crippen LogP contribution in [0, 0.1) is 0 Å². The molecule has 0 aliphatic rings. The van der Waals surface area contributed by atoms with E-state index in [0.29, 0.717) is 35.8 Å². The maximum absolute atomic E-state index is 12.4. The van der Waals surface area contributed by atoms with Crippen molar-refractivity contribution in [2.45, 2.75) is 0 Å². The van der Waals surface area contributed by atoms with Gasteiger partial charge in [0, 0.05) is 36.6 Å². The zero-order valence-corrected chi connectivity index (χ0v) is 16.1. The van der Waals surface area contributed by atoms with Crippen LogP contribution in [-0.4, -0.2) is 43.7 Å². The Morgan fingerprint density at radius 2 is 1.57 bits per heavy atom. The Morgan fingerprint density at radius 3 is 2.25 bits per heavy atom. The van der Waals surface area contributed by atoms with E-state index in [1.165, 1.54) is 14.2 Å². The van der Waals surface area contributed by atoms with Gasteiger partial charge in [-0.2, -0.15) is 0 Å². The molecule has 3 rings (SSSR count). The van der Waals surface area contributed by atoms with Crippen molar-refractivity contribution in [1.82, 2.24) is 15.2 Å². The molecular weight excluding hydrogens is 358 g/mol. The van der Waals surface area contributed by atoms with E-state index >= 15 is 0 Å². The van der Waals surface area contributed by atoms with Gasteiger partial charge in [-0.25, -0.2) is 0 Å². The lowest BCUT2D eigenvalue weighted by molar-refractivity contribution is 0.0923. The van der Waals surface area contributed by atoms with E-state index in [9.17, 15) is 9.59 Å². The molecule has 0 radical (unpaired) electrons. The number of benzene rings is 2. The summed E-state index contributed by atoms with van der Waals surface area (Å²) in [7, 11) is 4.91. The number of amides is 2. The van der Waals surface area contributed by atoms with Gasteiger partial charge in [0.25, 0.3) is 11.8 Å². The average Bonchev–Trinajstić information content (AvgIpc) is 3.07. The third-order valence-corrected chi connectivity index (χ3v) is 4.53. The summed E-state index contributed by atoms with van der Waals surface area (Å²) in [5.41, 5.74) is 2.03. The number of fused-ring (bicyclic) bond motifs is 1. The predicted octanol–water partition coefficient (Wildman–Crippen LogP) is 2.36. The van der Waals surface area contributed by atoms with Crippen molar-refractivity contribution >= 4 is 22.7 Å². The van der Waals surface area contributed by atoms with Gasteiger partial charge in [0.05, 0.1) is 14.2 Å². The number of rotatable bonds is 7. The predicted molar refractivity (Wildman–Crippen MR) is 107 cm³/mol. The molecule has 0 aliphatic carbocycles. The number of hydrogen-bond acceptors (Lipinski definition) is 4.